The lowest BCUT2D eigenvalue weighted by Crippen LogP contribution is -2.05. The van der Waals surface area contributed by atoms with Crippen LogP contribution in [-0.4, -0.2) is 33.4 Å². The van der Waals surface area contributed by atoms with Crippen LogP contribution in [0.3, 0.4) is 0 Å². The number of hydrogen-bond donors (Lipinski definition) is 0. The monoisotopic (exact) mass is 415 g/mol. The van der Waals surface area contributed by atoms with Gasteiger partial charge in [-0.05, 0) is 59.2 Å². The van der Waals surface area contributed by atoms with Crippen LogP contribution in [0.5, 0.6) is 23.0 Å². The molecule has 158 valence electrons. The van der Waals surface area contributed by atoms with Crippen molar-refractivity contribution in [1.29, 1.82) is 0 Å². The average molecular weight is 415 g/mol. The Labute approximate surface area is 182 Å². The lowest BCUT2D eigenvalue weighted by molar-refractivity contribution is 0.354. The van der Waals surface area contributed by atoms with Crippen LogP contribution in [0.4, 0.5) is 0 Å². The van der Waals surface area contributed by atoms with Crippen LogP contribution in [-0.2, 0) is 0 Å². The summed E-state index contributed by atoms with van der Waals surface area (Å²) in [4.78, 5) is 4.45. The van der Waals surface area contributed by atoms with Gasteiger partial charge in [-0.25, -0.2) is 0 Å². The topological polar surface area (TPSA) is 49.8 Å². The van der Waals surface area contributed by atoms with E-state index >= 15 is 0 Å². The summed E-state index contributed by atoms with van der Waals surface area (Å²) >= 11 is 0. The molecule has 0 aliphatic carbocycles. The van der Waals surface area contributed by atoms with Gasteiger partial charge in [0.05, 0.1) is 34.0 Å². The molecule has 5 heteroatoms. The first kappa shape index (κ1) is 20.5. The fraction of sp³-hybridized carbons (Fsp3) is 0.192. The Bertz CT molecular complexity index is 1150. The van der Waals surface area contributed by atoms with Crippen molar-refractivity contribution in [2.24, 2.45) is 0 Å². The van der Waals surface area contributed by atoms with Crippen molar-refractivity contribution in [2.45, 2.75) is 5.92 Å². The maximum atomic E-state index is 5.57. The van der Waals surface area contributed by atoms with E-state index in [-0.39, 0.29) is 5.92 Å². The lowest BCUT2D eigenvalue weighted by atomic mass is 9.84. The van der Waals surface area contributed by atoms with E-state index in [1.54, 1.807) is 28.4 Å². The molecular weight excluding hydrogens is 390 g/mol. The highest BCUT2D eigenvalue weighted by Gasteiger charge is 2.21. The zero-order chi connectivity index (χ0) is 21.8. The van der Waals surface area contributed by atoms with E-state index in [0.717, 1.165) is 27.6 Å². The molecule has 0 atom stereocenters. The van der Waals surface area contributed by atoms with E-state index in [4.69, 9.17) is 18.9 Å². The summed E-state index contributed by atoms with van der Waals surface area (Å²) in [5, 5.41) is 1.09. The molecule has 1 heterocycles. The SMILES string of the molecule is COc1ccc(C(c2ccc(OC)c(OC)c2)c2ccc3ncccc3c2)cc1OC. The standard InChI is InChI=1S/C26H25NO4/c1-28-22-11-8-19(15-24(22)30-3)26(20-9-12-23(29-2)25(16-20)31-4)18-7-10-21-17(14-18)6-5-13-27-21/h5-16,26H,1-4H3. The minimum Gasteiger partial charge on any atom is -0.493 e. The molecule has 0 aliphatic heterocycles. The maximum Gasteiger partial charge on any atom is 0.161 e. The molecule has 0 radical (unpaired) electrons. The van der Waals surface area contributed by atoms with Crippen molar-refractivity contribution in [3.63, 3.8) is 0 Å². The van der Waals surface area contributed by atoms with Gasteiger partial charge in [0.1, 0.15) is 0 Å². The number of hydrogen-bond acceptors (Lipinski definition) is 5. The largest absolute Gasteiger partial charge is 0.493 e. The molecule has 0 saturated carbocycles. The van der Waals surface area contributed by atoms with Gasteiger partial charge in [0, 0.05) is 17.5 Å². The summed E-state index contributed by atoms with van der Waals surface area (Å²) in [5.74, 6) is 2.71. The number of nitrogens with zero attached hydrogens (tertiary/aromatic N) is 1. The quantitative estimate of drug-likeness (QED) is 0.376. The third-order valence-corrected chi connectivity index (χ3v) is 5.44. The van der Waals surface area contributed by atoms with Crippen LogP contribution in [0.1, 0.15) is 22.6 Å². The van der Waals surface area contributed by atoms with Gasteiger partial charge in [0.15, 0.2) is 23.0 Å². The zero-order valence-corrected chi connectivity index (χ0v) is 18.1. The van der Waals surface area contributed by atoms with E-state index in [2.05, 4.69) is 41.4 Å². The summed E-state index contributed by atoms with van der Waals surface area (Å²) < 4.78 is 22.0. The Kier molecular flexibility index (Phi) is 5.94. The minimum absolute atomic E-state index is 0.0516. The smallest absolute Gasteiger partial charge is 0.161 e. The Hall–Kier alpha value is -3.73. The van der Waals surface area contributed by atoms with Crippen molar-refractivity contribution in [2.75, 3.05) is 28.4 Å². The lowest BCUT2D eigenvalue weighted by Gasteiger charge is -2.22. The molecule has 4 rings (SSSR count). The predicted molar refractivity (Wildman–Crippen MR) is 122 cm³/mol. The van der Waals surface area contributed by atoms with Crippen LogP contribution in [0.15, 0.2) is 72.9 Å². The summed E-state index contributed by atoms with van der Waals surface area (Å²) in [6, 6.07) is 22.4. The third kappa shape index (κ3) is 3.99. The van der Waals surface area contributed by atoms with E-state index in [1.165, 1.54) is 0 Å². The second-order valence-electron chi connectivity index (χ2n) is 7.12. The number of pyridine rings is 1. The maximum absolute atomic E-state index is 5.57. The number of ether oxygens (including phenoxy) is 4. The van der Waals surface area contributed by atoms with Crippen LogP contribution >= 0.6 is 0 Å². The van der Waals surface area contributed by atoms with Crippen molar-refractivity contribution < 1.29 is 18.9 Å². The van der Waals surface area contributed by atoms with Crippen molar-refractivity contribution in [3.05, 3.63) is 89.6 Å². The van der Waals surface area contributed by atoms with Crippen molar-refractivity contribution in [3.8, 4) is 23.0 Å². The Balaban J connectivity index is 1.92. The highest BCUT2D eigenvalue weighted by Crippen LogP contribution is 2.40. The summed E-state index contributed by atoms with van der Waals surface area (Å²) in [6.07, 6.45) is 1.81. The summed E-state index contributed by atoms with van der Waals surface area (Å²) in [5.41, 5.74) is 4.26. The molecule has 0 aliphatic rings. The number of aromatic nitrogens is 1. The molecule has 0 N–H and O–H groups in total. The Morgan fingerprint density at radius 3 is 1.65 bits per heavy atom. The molecule has 0 saturated heterocycles. The number of fused-ring (bicyclic) bond motifs is 1. The molecule has 0 amide bonds. The first-order chi connectivity index (χ1) is 15.2. The Morgan fingerprint density at radius 1 is 0.581 bits per heavy atom. The zero-order valence-electron chi connectivity index (χ0n) is 18.1. The van der Waals surface area contributed by atoms with E-state index in [1.807, 2.05) is 36.5 Å². The first-order valence-corrected chi connectivity index (χ1v) is 9.97. The molecule has 5 nitrogen and oxygen atoms in total. The highest BCUT2D eigenvalue weighted by atomic mass is 16.5. The molecule has 3 aromatic carbocycles. The molecule has 0 unspecified atom stereocenters. The normalized spacial score (nSPS) is 10.9. The van der Waals surface area contributed by atoms with Gasteiger partial charge in [-0.1, -0.05) is 24.3 Å². The van der Waals surface area contributed by atoms with E-state index in [0.29, 0.717) is 23.0 Å². The number of methoxy groups -OCH3 is 4. The number of rotatable bonds is 7. The molecule has 31 heavy (non-hydrogen) atoms. The van der Waals surface area contributed by atoms with Gasteiger partial charge in [-0.15, -0.1) is 0 Å². The van der Waals surface area contributed by atoms with E-state index in [9.17, 15) is 0 Å². The van der Waals surface area contributed by atoms with Gasteiger partial charge in [0.2, 0.25) is 0 Å². The second-order valence-corrected chi connectivity index (χ2v) is 7.12. The van der Waals surface area contributed by atoms with Crippen LogP contribution in [0, 0.1) is 0 Å². The van der Waals surface area contributed by atoms with Crippen LogP contribution in [0.2, 0.25) is 0 Å². The Morgan fingerprint density at radius 2 is 1.10 bits per heavy atom. The molecule has 1 aromatic heterocycles. The molecule has 4 aromatic rings. The second kappa shape index (κ2) is 8.96. The summed E-state index contributed by atoms with van der Waals surface area (Å²) in [7, 11) is 6.57. The van der Waals surface area contributed by atoms with Crippen molar-refractivity contribution in [1.82, 2.24) is 4.98 Å². The minimum atomic E-state index is -0.0516. The van der Waals surface area contributed by atoms with Crippen LogP contribution in [0.25, 0.3) is 10.9 Å². The van der Waals surface area contributed by atoms with Gasteiger partial charge in [0.25, 0.3) is 0 Å². The molecule has 0 bridgehead atoms. The average Bonchev–Trinajstić information content (AvgIpc) is 2.83. The van der Waals surface area contributed by atoms with Gasteiger partial charge in [-0.2, -0.15) is 0 Å². The fourth-order valence-corrected chi connectivity index (χ4v) is 3.92. The predicted octanol–water partition coefficient (Wildman–Crippen LogP) is 5.45. The first-order valence-electron chi connectivity index (χ1n) is 9.97. The van der Waals surface area contributed by atoms with Gasteiger partial charge < -0.3 is 18.9 Å². The molecular formula is C26H25NO4. The molecule has 0 spiro atoms. The molecule has 0 fully saturated rings. The van der Waals surface area contributed by atoms with E-state index < -0.39 is 0 Å². The summed E-state index contributed by atoms with van der Waals surface area (Å²) in [6.45, 7) is 0. The number of benzene rings is 3. The van der Waals surface area contributed by atoms with Gasteiger partial charge >= 0.3 is 0 Å². The third-order valence-electron chi connectivity index (χ3n) is 5.44. The van der Waals surface area contributed by atoms with Crippen LogP contribution < -0.4 is 18.9 Å². The van der Waals surface area contributed by atoms with Crippen molar-refractivity contribution >= 4 is 10.9 Å². The highest BCUT2D eigenvalue weighted by molar-refractivity contribution is 5.79. The van der Waals surface area contributed by atoms with Gasteiger partial charge in [-0.3, -0.25) is 4.98 Å². The fourth-order valence-electron chi connectivity index (χ4n) is 3.92.